The number of nitrogens with one attached hydrogen (secondary N) is 1. The standard InChI is InChI=1S/C30H38N2O7Si/c1-30(2,3)40(6,7)39-12-10-31-9-8-11-32-27-19-14-24-25(38-17-37-24)15-20(19)28(33)26(27)18-13-22(35-4)23(36-5)16-21(18)29(32)34/h13-16,31H,8-12,17H2,1-7H3. The lowest BCUT2D eigenvalue weighted by Crippen LogP contribution is -2.42. The fourth-order valence-corrected chi connectivity index (χ4v) is 6.08. The number of rotatable bonds is 10. The molecule has 9 nitrogen and oxygen atoms in total. The number of pyridine rings is 1. The van der Waals surface area contributed by atoms with Crippen molar-refractivity contribution in [2.45, 2.75) is 51.9 Å². The Morgan fingerprint density at radius 1 is 0.925 bits per heavy atom. The number of hydrogen-bond donors (Lipinski definition) is 1. The Labute approximate surface area is 235 Å². The predicted octanol–water partition coefficient (Wildman–Crippen LogP) is 4.96. The number of benzene rings is 2. The second-order valence-electron chi connectivity index (χ2n) is 11.7. The maximum atomic E-state index is 13.9. The van der Waals surface area contributed by atoms with Crippen LogP contribution in [0.3, 0.4) is 0 Å². The SMILES string of the molecule is COc1cc2c3c(n(CCCNCCO[Si](C)(C)C(C)(C)C)c(=O)c2cc1OC)-c1cc2c(cc1C3=O)OCO2. The van der Waals surface area contributed by atoms with Gasteiger partial charge in [-0.2, -0.15) is 0 Å². The Balaban J connectivity index is 1.45. The first-order valence-electron chi connectivity index (χ1n) is 13.6. The molecule has 1 aliphatic heterocycles. The molecule has 0 atom stereocenters. The van der Waals surface area contributed by atoms with Gasteiger partial charge in [0.15, 0.2) is 37.1 Å². The van der Waals surface area contributed by atoms with E-state index in [0.29, 0.717) is 82.3 Å². The average Bonchev–Trinajstić information content (AvgIpc) is 3.49. The summed E-state index contributed by atoms with van der Waals surface area (Å²) in [5.74, 6) is 1.83. The van der Waals surface area contributed by atoms with Crippen LogP contribution in [-0.4, -0.2) is 59.4 Å². The molecule has 0 unspecified atom stereocenters. The molecule has 40 heavy (non-hydrogen) atoms. The third kappa shape index (κ3) is 4.78. The molecular weight excluding hydrogens is 528 g/mol. The van der Waals surface area contributed by atoms with Crippen molar-refractivity contribution in [1.82, 2.24) is 9.88 Å². The Hall–Kier alpha value is -3.34. The molecule has 1 aliphatic carbocycles. The number of aromatic nitrogens is 1. The molecule has 2 aliphatic rings. The molecule has 0 saturated carbocycles. The zero-order valence-corrected chi connectivity index (χ0v) is 25.4. The van der Waals surface area contributed by atoms with Crippen molar-refractivity contribution >= 4 is 24.9 Å². The Kier molecular flexibility index (Phi) is 7.45. The van der Waals surface area contributed by atoms with Crippen LogP contribution in [0, 0.1) is 0 Å². The minimum absolute atomic E-state index is 0.103. The van der Waals surface area contributed by atoms with E-state index >= 15 is 0 Å². The van der Waals surface area contributed by atoms with Gasteiger partial charge in [0.1, 0.15) is 0 Å². The molecular formula is C30H38N2O7Si. The summed E-state index contributed by atoms with van der Waals surface area (Å²) in [6.07, 6.45) is 0.694. The molecule has 1 aromatic heterocycles. The molecule has 5 rings (SSSR count). The first-order chi connectivity index (χ1) is 19.0. The zero-order chi connectivity index (χ0) is 28.8. The summed E-state index contributed by atoms with van der Waals surface area (Å²) >= 11 is 0. The zero-order valence-electron chi connectivity index (χ0n) is 24.4. The third-order valence-electron chi connectivity index (χ3n) is 8.30. The highest BCUT2D eigenvalue weighted by atomic mass is 28.4. The highest BCUT2D eigenvalue weighted by Gasteiger charge is 2.37. The van der Waals surface area contributed by atoms with E-state index < -0.39 is 8.32 Å². The number of ether oxygens (including phenoxy) is 4. The highest BCUT2D eigenvalue weighted by Crippen LogP contribution is 2.47. The van der Waals surface area contributed by atoms with Crippen LogP contribution in [0.25, 0.3) is 22.0 Å². The van der Waals surface area contributed by atoms with E-state index in [2.05, 4.69) is 39.2 Å². The van der Waals surface area contributed by atoms with Crippen LogP contribution in [0.2, 0.25) is 18.1 Å². The van der Waals surface area contributed by atoms with Crippen molar-refractivity contribution in [3.8, 4) is 34.3 Å². The molecule has 0 amide bonds. The first kappa shape index (κ1) is 28.2. The predicted molar refractivity (Wildman–Crippen MR) is 157 cm³/mol. The van der Waals surface area contributed by atoms with Gasteiger partial charge in [-0.25, -0.2) is 0 Å². The fourth-order valence-electron chi connectivity index (χ4n) is 5.04. The second-order valence-corrected chi connectivity index (χ2v) is 16.5. The number of methoxy groups -OCH3 is 2. The number of carbonyl (C=O) groups is 1. The average molecular weight is 567 g/mol. The van der Waals surface area contributed by atoms with E-state index in [1.165, 1.54) is 14.2 Å². The molecule has 0 saturated heterocycles. The quantitative estimate of drug-likeness (QED) is 0.213. The van der Waals surface area contributed by atoms with Gasteiger partial charge in [0, 0.05) is 36.2 Å². The molecule has 3 aromatic rings. The molecule has 2 aromatic carbocycles. The van der Waals surface area contributed by atoms with Gasteiger partial charge in [0.05, 0.1) is 30.9 Å². The van der Waals surface area contributed by atoms with Crippen LogP contribution >= 0.6 is 0 Å². The van der Waals surface area contributed by atoms with Crippen LogP contribution in [0.15, 0.2) is 29.1 Å². The second kappa shape index (κ2) is 10.6. The van der Waals surface area contributed by atoms with E-state index in [4.69, 9.17) is 23.4 Å². The summed E-state index contributed by atoms with van der Waals surface area (Å²) in [4.78, 5) is 27.8. The molecule has 1 N–H and O–H groups in total. The highest BCUT2D eigenvalue weighted by molar-refractivity contribution is 6.74. The summed E-state index contributed by atoms with van der Waals surface area (Å²) < 4.78 is 30.1. The summed E-state index contributed by atoms with van der Waals surface area (Å²) in [6, 6.07) is 6.89. The van der Waals surface area contributed by atoms with E-state index in [9.17, 15) is 9.59 Å². The lowest BCUT2D eigenvalue weighted by Gasteiger charge is -2.36. The monoisotopic (exact) mass is 566 g/mol. The smallest absolute Gasteiger partial charge is 0.259 e. The first-order valence-corrected chi connectivity index (χ1v) is 16.5. The largest absolute Gasteiger partial charge is 0.493 e. The summed E-state index contributed by atoms with van der Waals surface area (Å²) in [5.41, 5.74) is 2.06. The third-order valence-corrected chi connectivity index (χ3v) is 12.8. The van der Waals surface area contributed by atoms with Gasteiger partial charge in [-0.15, -0.1) is 0 Å². The van der Waals surface area contributed by atoms with Crippen LogP contribution < -0.4 is 29.8 Å². The molecule has 0 spiro atoms. The lowest BCUT2D eigenvalue weighted by atomic mass is 10.0. The minimum atomic E-state index is -1.79. The van der Waals surface area contributed by atoms with E-state index in [1.807, 2.05) is 0 Å². The van der Waals surface area contributed by atoms with Gasteiger partial charge in [-0.1, -0.05) is 20.8 Å². The van der Waals surface area contributed by atoms with Crippen LogP contribution in [0.5, 0.6) is 23.0 Å². The maximum absolute atomic E-state index is 13.9. The van der Waals surface area contributed by atoms with E-state index in [-0.39, 0.29) is 23.2 Å². The molecule has 0 fully saturated rings. The van der Waals surface area contributed by atoms with Gasteiger partial charge in [-0.05, 0) is 55.4 Å². The molecule has 2 heterocycles. The van der Waals surface area contributed by atoms with E-state index in [0.717, 1.165) is 6.54 Å². The fraction of sp³-hybridized carbons (Fsp3) is 0.467. The van der Waals surface area contributed by atoms with Gasteiger partial charge in [0.2, 0.25) is 6.79 Å². The number of carbonyl (C=O) groups excluding carboxylic acids is 1. The maximum Gasteiger partial charge on any atom is 0.259 e. The van der Waals surface area contributed by atoms with E-state index in [1.54, 1.807) is 28.8 Å². The van der Waals surface area contributed by atoms with Crippen LogP contribution in [-0.2, 0) is 11.0 Å². The summed E-state index contributed by atoms with van der Waals surface area (Å²) in [6.45, 7) is 13.8. The minimum Gasteiger partial charge on any atom is -0.493 e. The summed E-state index contributed by atoms with van der Waals surface area (Å²) in [7, 11) is 1.27. The van der Waals surface area contributed by atoms with Crippen molar-refractivity contribution in [1.29, 1.82) is 0 Å². The van der Waals surface area contributed by atoms with Gasteiger partial charge >= 0.3 is 0 Å². The molecule has 214 valence electrons. The van der Waals surface area contributed by atoms with Crippen molar-refractivity contribution in [2.24, 2.45) is 0 Å². The van der Waals surface area contributed by atoms with Crippen LogP contribution in [0.4, 0.5) is 0 Å². The molecule has 0 bridgehead atoms. The normalized spacial score (nSPS) is 14.0. The van der Waals surface area contributed by atoms with Crippen molar-refractivity contribution in [3.63, 3.8) is 0 Å². The molecule has 10 heteroatoms. The Morgan fingerprint density at radius 3 is 2.17 bits per heavy atom. The van der Waals surface area contributed by atoms with Gasteiger partial charge in [-0.3, -0.25) is 9.59 Å². The number of hydrogen-bond acceptors (Lipinski definition) is 8. The Bertz CT molecular complexity index is 1540. The number of ketones is 1. The topological polar surface area (TPSA) is 97.2 Å². The van der Waals surface area contributed by atoms with Crippen molar-refractivity contribution < 1.29 is 28.2 Å². The lowest BCUT2D eigenvalue weighted by molar-refractivity contribution is 0.104. The van der Waals surface area contributed by atoms with Crippen LogP contribution in [0.1, 0.15) is 43.1 Å². The number of fused-ring (bicyclic) bond motifs is 6. The van der Waals surface area contributed by atoms with Gasteiger partial charge < -0.3 is 33.3 Å². The van der Waals surface area contributed by atoms with Crippen molar-refractivity contribution in [2.75, 3.05) is 40.7 Å². The number of nitrogens with zero attached hydrogens (tertiary/aromatic N) is 1. The van der Waals surface area contributed by atoms with Crippen molar-refractivity contribution in [3.05, 3.63) is 45.7 Å². The summed E-state index contributed by atoms with van der Waals surface area (Å²) in [5, 5.41) is 4.56. The Morgan fingerprint density at radius 2 is 1.55 bits per heavy atom. The molecule has 0 radical (unpaired) electrons. The van der Waals surface area contributed by atoms with Gasteiger partial charge in [0.25, 0.3) is 5.56 Å².